The maximum Gasteiger partial charge on any atom is 0.0573 e. The van der Waals surface area contributed by atoms with Crippen LogP contribution in [0.5, 0.6) is 0 Å². The van der Waals surface area contributed by atoms with Crippen molar-refractivity contribution in [1.29, 1.82) is 0 Å². The summed E-state index contributed by atoms with van der Waals surface area (Å²) in [5.41, 5.74) is 1.42. The van der Waals surface area contributed by atoms with E-state index >= 15 is 0 Å². The van der Waals surface area contributed by atoms with Crippen LogP contribution in [0.15, 0.2) is 29.2 Å². The molecule has 0 saturated heterocycles. The van der Waals surface area contributed by atoms with Crippen LogP contribution in [0.2, 0.25) is 0 Å². The summed E-state index contributed by atoms with van der Waals surface area (Å²) in [6, 6.07) is 8.56. The minimum Gasteiger partial charge on any atom is -0.313 e. The highest BCUT2D eigenvalue weighted by molar-refractivity contribution is 7.85. The fourth-order valence-corrected chi connectivity index (χ4v) is 3.78. The lowest BCUT2D eigenvalue weighted by molar-refractivity contribution is 0.500. The van der Waals surface area contributed by atoms with Crippen molar-refractivity contribution in [3.63, 3.8) is 0 Å². The van der Waals surface area contributed by atoms with Gasteiger partial charge in [-0.1, -0.05) is 46.8 Å². The molecule has 1 aromatic rings. The largest absolute Gasteiger partial charge is 0.313 e. The van der Waals surface area contributed by atoms with Gasteiger partial charge in [0, 0.05) is 10.9 Å². The van der Waals surface area contributed by atoms with E-state index in [1.54, 1.807) is 0 Å². The maximum absolute atomic E-state index is 12.7. The molecule has 3 atom stereocenters. The molecular formula is C17H29NOS. The molecule has 3 unspecified atom stereocenters. The number of benzene rings is 1. The smallest absolute Gasteiger partial charge is 0.0573 e. The zero-order valence-electron chi connectivity index (χ0n) is 13.7. The molecule has 0 fully saturated rings. The van der Waals surface area contributed by atoms with Crippen molar-refractivity contribution in [2.75, 3.05) is 6.54 Å². The van der Waals surface area contributed by atoms with Gasteiger partial charge in [0.1, 0.15) is 0 Å². The molecule has 114 valence electrons. The van der Waals surface area contributed by atoms with Crippen LogP contribution in [0.1, 0.15) is 53.5 Å². The predicted molar refractivity (Wildman–Crippen MR) is 88.8 cm³/mol. The highest BCUT2D eigenvalue weighted by Gasteiger charge is 2.22. The quantitative estimate of drug-likeness (QED) is 0.863. The molecule has 0 saturated carbocycles. The predicted octanol–water partition coefficient (Wildman–Crippen LogP) is 3.87. The second-order valence-corrected chi connectivity index (χ2v) is 8.16. The Hall–Kier alpha value is -0.670. The minimum atomic E-state index is -0.957. The Balaban J connectivity index is 2.87. The highest BCUT2D eigenvalue weighted by Crippen LogP contribution is 2.24. The van der Waals surface area contributed by atoms with E-state index in [0.717, 1.165) is 17.9 Å². The molecular weight excluding hydrogens is 266 g/mol. The van der Waals surface area contributed by atoms with Crippen LogP contribution >= 0.6 is 0 Å². The SMILES string of the molecule is CCNC(CC)C(C)S(=O)c1ccc(C(C)(C)C)cc1. The molecule has 20 heavy (non-hydrogen) atoms. The molecule has 1 aromatic carbocycles. The van der Waals surface area contributed by atoms with Gasteiger partial charge >= 0.3 is 0 Å². The first-order chi connectivity index (χ1) is 9.31. The molecule has 0 heterocycles. The van der Waals surface area contributed by atoms with Gasteiger partial charge in [0.25, 0.3) is 0 Å². The van der Waals surface area contributed by atoms with Crippen LogP contribution in [-0.4, -0.2) is 22.0 Å². The molecule has 0 radical (unpaired) electrons. The molecule has 0 spiro atoms. The molecule has 0 aliphatic heterocycles. The third kappa shape index (κ3) is 4.42. The molecule has 3 heteroatoms. The standard InChI is InChI=1S/C17H29NOS/c1-7-16(18-8-2)13(3)20(19)15-11-9-14(10-12-15)17(4,5)6/h9-13,16,18H,7-8H2,1-6H3. The van der Waals surface area contributed by atoms with E-state index in [2.05, 4.69) is 59.0 Å². The van der Waals surface area contributed by atoms with E-state index < -0.39 is 10.8 Å². The van der Waals surface area contributed by atoms with Crippen molar-refractivity contribution in [3.8, 4) is 0 Å². The van der Waals surface area contributed by atoms with Crippen molar-refractivity contribution in [1.82, 2.24) is 5.32 Å². The average molecular weight is 295 g/mol. The molecule has 0 aliphatic rings. The van der Waals surface area contributed by atoms with Gasteiger partial charge in [-0.25, -0.2) is 0 Å². The topological polar surface area (TPSA) is 29.1 Å². The first-order valence-corrected chi connectivity index (χ1v) is 8.77. The monoisotopic (exact) mass is 295 g/mol. The van der Waals surface area contributed by atoms with Gasteiger partial charge in [-0.3, -0.25) is 4.21 Å². The van der Waals surface area contributed by atoms with Gasteiger partial charge in [-0.05, 0) is 43.0 Å². The molecule has 0 aliphatic carbocycles. The summed E-state index contributed by atoms with van der Waals surface area (Å²) >= 11 is 0. The first-order valence-electron chi connectivity index (χ1n) is 7.55. The first kappa shape index (κ1) is 17.4. The summed E-state index contributed by atoms with van der Waals surface area (Å²) in [5.74, 6) is 0. The van der Waals surface area contributed by atoms with E-state index in [1.165, 1.54) is 5.56 Å². The maximum atomic E-state index is 12.7. The lowest BCUT2D eigenvalue weighted by atomic mass is 9.87. The summed E-state index contributed by atoms with van der Waals surface area (Å²) in [7, 11) is -0.957. The van der Waals surface area contributed by atoms with Gasteiger partial charge < -0.3 is 5.32 Å². The number of nitrogens with one attached hydrogen (secondary N) is 1. The van der Waals surface area contributed by atoms with E-state index in [4.69, 9.17) is 0 Å². The zero-order valence-corrected chi connectivity index (χ0v) is 14.5. The van der Waals surface area contributed by atoms with E-state index in [0.29, 0.717) is 6.04 Å². The van der Waals surface area contributed by atoms with Crippen LogP contribution in [0, 0.1) is 0 Å². The van der Waals surface area contributed by atoms with E-state index in [-0.39, 0.29) is 10.7 Å². The Bertz CT molecular complexity index is 433. The minimum absolute atomic E-state index is 0.125. The molecule has 0 aromatic heterocycles. The summed E-state index contributed by atoms with van der Waals surface area (Å²) in [4.78, 5) is 0.932. The van der Waals surface area contributed by atoms with Gasteiger partial charge in [0.05, 0.1) is 16.0 Å². The normalized spacial score (nSPS) is 16.7. The lowest BCUT2D eigenvalue weighted by Gasteiger charge is -2.24. The summed E-state index contributed by atoms with van der Waals surface area (Å²) in [6.45, 7) is 13.8. The Kier molecular flexibility index (Phi) is 6.41. The molecule has 0 bridgehead atoms. The number of hydrogen-bond donors (Lipinski definition) is 1. The summed E-state index contributed by atoms with van der Waals surface area (Å²) < 4.78 is 12.7. The van der Waals surface area contributed by atoms with Crippen LogP contribution < -0.4 is 5.32 Å². The van der Waals surface area contributed by atoms with Gasteiger partial charge in [0.2, 0.25) is 0 Å². The van der Waals surface area contributed by atoms with Crippen molar-refractivity contribution < 1.29 is 4.21 Å². The second-order valence-electron chi connectivity index (χ2n) is 6.35. The van der Waals surface area contributed by atoms with E-state index in [1.807, 2.05) is 12.1 Å². The van der Waals surface area contributed by atoms with Crippen LogP contribution in [0.4, 0.5) is 0 Å². The van der Waals surface area contributed by atoms with Crippen molar-refractivity contribution in [2.24, 2.45) is 0 Å². The molecule has 1 N–H and O–H groups in total. The van der Waals surface area contributed by atoms with Crippen molar-refractivity contribution in [2.45, 2.75) is 69.6 Å². The van der Waals surface area contributed by atoms with Gasteiger partial charge in [-0.2, -0.15) is 0 Å². The zero-order chi connectivity index (χ0) is 15.3. The van der Waals surface area contributed by atoms with E-state index in [9.17, 15) is 4.21 Å². The van der Waals surface area contributed by atoms with Crippen LogP contribution in [0.25, 0.3) is 0 Å². The van der Waals surface area contributed by atoms with Gasteiger partial charge in [-0.15, -0.1) is 0 Å². The third-order valence-corrected chi connectivity index (χ3v) is 5.50. The molecule has 1 rings (SSSR count). The van der Waals surface area contributed by atoms with Crippen molar-refractivity contribution >= 4 is 10.8 Å². The molecule has 0 amide bonds. The van der Waals surface area contributed by atoms with Crippen molar-refractivity contribution in [3.05, 3.63) is 29.8 Å². The fourth-order valence-electron chi connectivity index (χ4n) is 2.36. The van der Waals surface area contributed by atoms with Crippen LogP contribution in [-0.2, 0) is 16.2 Å². The van der Waals surface area contributed by atoms with Crippen LogP contribution in [0.3, 0.4) is 0 Å². The highest BCUT2D eigenvalue weighted by atomic mass is 32.2. The number of rotatable bonds is 6. The Morgan fingerprint density at radius 2 is 1.70 bits per heavy atom. The Labute approximate surface area is 126 Å². The average Bonchev–Trinajstić information content (AvgIpc) is 2.42. The summed E-state index contributed by atoms with van der Waals surface area (Å²) in [6.07, 6.45) is 1.00. The fraction of sp³-hybridized carbons (Fsp3) is 0.647. The molecule has 2 nitrogen and oxygen atoms in total. The number of hydrogen-bond acceptors (Lipinski definition) is 2. The Morgan fingerprint density at radius 1 is 1.15 bits per heavy atom. The lowest BCUT2D eigenvalue weighted by Crippen LogP contribution is -2.40. The summed E-state index contributed by atoms with van der Waals surface area (Å²) in [5, 5.41) is 3.55. The third-order valence-electron chi connectivity index (χ3n) is 3.76. The van der Waals surface area contributed by atoms with Gasteiger partial charge in [0.15, 0.2) is 0 Å². The Morgan fingerprint density at radius 3 is 2.10 bits per heavy atom. The second kappa shape index (κ2) is 7.37.